The minimum atomic E-state index is -0.388. The SMILES string of the molecule is Fc1cc(Br)ccc1OCc1cccc(Cl)c1. The van der Waals surface area contributed by atoms with Crippen molar-refractivity contribution >= 4 is 27.5 Å². The van der Waals surface area contributed by atoms with Crippen LogP contribution in [0.1, 0.15) is 5.56 Å². The first kappa shape index (κ1) is 12.4. The fourth-order valence-electron chi connectivity index (χ4n) is 1.38. The van der Waals surface area contributed by atoms with E-state index in [1.54, 1.807) is 24.3 Å². The predicted molar refractivity (Wildman–Crippen MR) is 69.9 cm³/mol. The number of rotatable bonds is 3. The summed E-state index contributed by atoms with van der Waals surface area (Å²) in [5.74, 6) is -0.158. The van der Waals surface area contributed by atoms with Gasteiger partial charge in [0.2, 0.25) is 0 Å². The minimum absolute atomic E-state index is 0.230. The van der Waals surface area contributed by atoms with Crippen molar-refractivity contribution in [1.29, 1.82) is 0 Å². The Morgan fingerprint density at radius 1 is 1.18 bits per heavy atom. The molecule has 4 heteroatoms. The van der Waals surface area contributed by atoms with E-state index in [1.807, 2.05) is 12.1 Å². The van der Waals surface area contributed by atoms with Crippen LogP contribution in [0.2, 0.25) is 5.02 Å². The van der Waals surface area contributed by atoms with Gasteiger partial charge >= 0.3 is 0 Å². The Balaban J connectivity index is 2.07. The molecule has 0 saturated heterocycles. The first-order chi connectivity index (χ1) is 8.15. The van der Waals surface area contributed by atoms with Crippen molar-refractivity contribution in [2.45, 2.75) is 6.61 Å². The molecule has 0 aliphatic rings. The van der Waals surface area contributed by atoms with Crippen molar-refractivity contribution in [3.63, 3.8) is 0 Å². The van der Waals surface area contributed by atoms with E-state index in [4.69, 9.17) is 16.3 Å². The molecule has 0 unspecified atom stereocenters. The molecular formula is C13H9BrClFO. The smallest absolute Gasteiger partial charge is 0.166 e. The number of hydrogen-bond acceptors (Lipinski definition) is 1. The monoisotopic (exact) mass is 314 g/mol. The van der Waals surface area contributed by atoms with Crippen LogP contribution in [0.3, 0.4) is 0 Å². The average Bonchev–Trinajstić information content (AvgIpc) is 2.28. The standard InChI is InChI=1S/C13H9BrClFO/c14-10-4-5-13(12(16)7-10)17-8-9-2-1-3-11(15)6-9/h1-7H,8H2. The summed E-state index contributed by atoms with van der Waals surface area (Å²) >= 11 is 9.03. The van der Waals surface area contributed by atoms with Crippen molar-refractivity contribution < 1.29 is 9.13 Å². The maximum Gasteiger partial charge on any atom is 0.166 e. The van der Waals surface area contributed by atoms with Crippen LogP contribution in [-0.4, -0.2) is 0 Å². The van der Waals surface area contributed by atoms with E-state index >= 15 is 0 Å². The quantitative estimate of drug-likeness (QED) is 0.789. The second kappa shape index (κ2) is 5.52. The van der Waals surface area contributed by atoms with Crippen LogP contribution in [0, 0.1) is 5.82 Å². The van der Waals surface area contributed by atoms with Gasteiger partial charge in [-0.15, -0.1) is 0 Å². The third-order valence-corrected chi connectivity index (χ3v) is 2.91. The molecule has 0 fully saturated rings. The normalized spacial score (nSPS) is 10.3. The zero-order valence-corrected chi connectivity index (χ0v) is 11.1. The Morgan fingerprint density at radius 3 is 2.71 bits per heavy atom. The summed E-state index contributed by atoms with van der Waals surface area (Å²) in [5, 5.41) is 0.641. The summed E-state index contributed by atoms with van der Waals surface area (Å²) < 4.78 is 19.5. The number of ether oxygens (including phenoxy) is 1. The van der Waals surface area contributed by atoms with Crippen molar-refractivity contribution in [2.24, 2.45) is 0 Å². The lowest BCUT2D eigenvalue weighted by atomic mass is 10.2. The van der Waals surface area contributed by atoms with Gasteiger partial charge < -0.3 is 4.74 Å². The third kappa shape index (κ3) is 3.45. The molecule has 0 atom stereocenters. The van der Waals surface area contributed by atoms with E-state index in [2.05, 4.69) is 15.9 Å². The Labute approximate surface area is 112 Å². The average molecular weight is 316 g/mol. The molecule has 2 aromatic carbocycles. The largest absolute Gasteiger partial charge is 0.486 e. The Bertz CT molecular complexity index is 531. The minimum Gasteiger partial charge on any atom is -0.486 e. The summed E-state index contributed by atoms with van der Waals surface area (Å²) in [4.78, 5) is 0. The Kier molecular flexibility index (Phi) is 4.02. The lowest BCUT2D eigenvalue weighted by molar-refractivity contribution is 0.290. The van der Waals surface area contributed by atoms with Gasteiger partial charge in [-0.05, 0) is 35.9 Å². The van der Waals surface area contributed by atoms with Crippen molar-refractivity contribution in [2.75, 3.05) is 0 Å². The van der Waals surface area contributed by atoms with Crippen LogP contribution in [-0.2, 0) is 6.61 Å². The molecular weight excluding hydrogens is 306 g/mol. The lowest BCUT2D eigenvalue weighted by Crippen LogP contribution is -1.97. The number of benzene rings is 2. The fraction of sp³-hybridized carbons (Fsp3) is 0.0769. The van der Waals surface area contributed by atoms with Gasteiger partial charge in [0.1, 0.15) is 6.61 Å². The molecule has 1 nitrogen and oxygen atoms in total. The highest BCUT2D eigenvalue weighted by molar-refractivity contribution is 9.10. The molecule has 0 heterocycles. The maximum absolute atomic E-state index is 13.5. The number of hydrogen-bond donors (Lipinski definition) is 0. The second-order valence-electron chi connectivity index (χ2n) is 3.49. The van der Waals surface area contributed by atoms with Crippen molar-refractivity contribution in [3.8, 4) is 5.75 Å². The van der Waals surface area contributed by atoms with Crippen molar-refractivity contribution in [1.82, 2.24) is 0 Å². The summed E-state index contributed by atoms with van der Waals surface area (Å²) in [7, 11) is 0. The van der Waals surface area contributed by atoms with Gasteiger partial charge in [-0.1, -0.05) is 39.7 Å². The molecule has 0 aliphatic carbocycles. The summed E-state index contributed by atoms with van der Waals surface area (Å²) in [6.07, 6.45) is 0. The molecule has 0 aromatic heterocycles. The lowest BCUT2D eigenvalue weighted by Gasteiger charge is -2.07. The van der Waals surface area contributed by atoms with Gasteiger partial charge in [0.15, 0.2) is 11.6 Å². The number of halogens is 3. The van der Waals surface area contributed by atoms with Crippen LogP contribution in [0.4, 0.5) is 4.39 Å². The highest BCUT2D eigenvalue weighted by Gasteiger charge is 2.04. The van der Waals surface area contributed by atoms with E-state index < -0.39 is 0 Å². The van der Waals surface area contributed by atoms with Gasteiger partial charge in [0, 0.05) is 9.50 Å². The molecule has 0 N–H and O–H groups in total. The summed E-state index contributed by atoms with van der Waals surface area (Å²) in [6.45, 7) is 0.291. The second-order valence-corrected chi connectivity index (χ2v) is 4.85. The molecule has 17 heavy (non-hydrogen) atoms. The van der Waals surface area contributed by atoms with E-state index in [1.165, 1.54) is 6.07 Å². The molecule has 2 rings (SSSR count). The van der Waals surface area contributed by atoms with Crippen LogP contribution < -0.4 is 4.74 Å². The first-order valence-corrected chi connectivity index (χ1v) is 6.14. The highest BCUT2D eigenvalue weighted by Crippen LogP contribution is 2.22. The van der Waals surface area contributed by atoms with E-state index in [0.29, 0.717) is 16.1 Å². The van der Waals surface area contributed by atoms with E-state index in [-0.39, 0.29) is 11.6 Å². The van der Waals surface area contributed by atoms with E-state index in [0.717, 1.165) is 5.56 Å². The highest BCUT2D eigenvalue weighted by atomic mass is 79.9. The van der Waals surface area contributed by atoms with E-state index in [9.17, 15) is 4.39 Å². The first-order valence-electron chi connectivity index (χ1n) is 4.97. The van der Waals surface area contributed by atoms with Crippen LogP contribution in [0.5, 0.6) is 5.75 Å². The molecule has 0 bridgehead atoms. The molecule has 0 spiro atoms. The zero-order chi connectivity index (χ0) is 12.3. The van der Waals surface area contributed by atoms with Gasteiger partial charge in [-0.3, -0.25) is 0 Å². The van der Waals surface area contributed by atoms with Crippen molar-refractivity contribution in [3.05, 3.63) is 63.3 Å². The fourth-order valence-corrected chi connectivity index (χ4v) is 1.93. The van der Waals surface area contributed by atoms with Crippen LogP contribution >= 0.6 is 27.5 Å². The molecule has 2 aromatic rings. The molecule has 0 amide bonds. The maximum atomic E-state index is 13.5. The van der Waals surface area contributed by atoms with Crippen LogP contribution in [0.25, 0.3) is 0 Å². The van der Waals surface area contributed by atoms with Gasteiger partial charge in [0.05, 0.1) is 0 Å². The van der Waals surface area contributed by atoms with Gasteiger partial charge in [-0.2, -0.15) is 0 Å². The van der Waals surface area contributed by atoms with Crippen LogP contribution in [0.15, 0.2) is 46.9 Å². The summed E-state index contributed by atoms with van der Waals surface area (Å²) in [6, 6.07) is 12.0. The summed E-state index contributed by atoms with van der Waals surface area (Å²) in [5.41, 5.74) is 0.903. The third-order valence-electron chi connectivity index (χ3n) is 2.18. The molecule has 0 aliphatic heterocycles. The Hall–Kier alpha value is -1.06. The molecule has 0 radical (unpaired) electrons. The Morgan fingerprint density at radius 2 is 2.00 bits per heavy atom. The van der Waals surface area contributed by atoms with Gasteiger partial charge in [-0.25, -0.2) is 4.39 Å². The molecule has 88 valence electrons. The zero-order valence-electron chi connectivity index (χ0n) is 8.79. The predicted octanol–water partition coefficient (Wildman–Crippen LogP) is 4.82. The molecule has 0 saturated carbocycles. The topological polar surface area (TPSA) is 9.23 Å². The van der Waals surface area contributed by atoms with Gasteiger partial charge in [0.25, 0.3) is 0 Å².